The molecule has 0 spiro atoms. The molecule has 2 nitrogen and oxygen atoms in total. The third-order valence-electron chi connectivity index (χ3n) is 3.04. The summed E-state index contributed by atoms with van der Waals surface area (Å²) >= 11 is 3.52. The molecule has 1 unspecified atom stereocenters. The zero-order chi connectivity index (χ0) is 10.8. The predicted octanol–water partition coefficient (Wildman–Crippen LogP) is 2.93. The van der Waals surface area contributed by atoms with Crippen molar-refractivity contribution in [2.75, 3.05) is 13.1 Å². The van der Waals surface area contributed by atoms with E-state index in [4.69, 9.17) is 0 Å². The number of benzene rings is 1. The first-order valence-electron chi connectivity index (χ1n) is 5.38. The number of nitrogens with one attached hydrogen (secondary N) is 1. The fraction of sp³-hybridized carbons (Fsp3) is 0.500. The van der Waals surface area contributed by atoms with E-state index in [1.54, 1.807) is 0 Å². The van der Waals surface area contributed by atoms with E-state index >= 15 is 0 Å². The van der Waals surface area contributed by atoms with Crippen molar-refractivity contribution in [3.05, 3.63) is 27.7 Å². The average Bonchev–Trinajstić information content (AvgIpc) is 2.25. The van der Waals surface area contributed by atoms with Crippen molar-refractivity contribution >= 4 is 15.9 Å². The summed E-state index contributed by atoms with van der Waals surface area (Å²) in [6, 6.07) is 3.90. The van der Waals surface area contributed by atoms with Crippen LogP contribution in [0.3, 0.4) is 0 Å². The molecule has 2 N–H and O–H groups in total. The molecular weight excluding hydrogens is 254 g/mol. The smallest absolute Gasteiger partial charge is 0.119 e. The number of hydrogen-bond donors (Lipinski definition) is 2. The summed E-state index contributed by atoms with van der Waals surface area (Å²) in [6.07, 6.45) is 2.35. The van der Waals surface area contributed by atoms with Crippen LogP contribution in [0.4, 0.5) is 0 Å². The molecule has 1 aromatic rings. The Balaban J connectivity index is 2.30. The van der Waals surface area contributed by atoms with Crippen molar-refractivity contribution in [3.8, 4) is 5.75 Å². The second kappa shape index (κ2) is 4.54. The van der Waals surface area contributed by atoms with E-state index < -0.39 is 0 Å². The fourth-order valence-electron chi connectivity index (χ4n) is 2.13. The van der Waals surface area contributed by atoms with Gasteiger partial charge >= 0.3 is 0 Å². The Hall–Kier alpha value is -0.540. The van der Waals surface area contributed by atoms with E-state index in [-0.39, 0.29) is 0 Å². The van der Waals surface area contributed by atoms with Gasteiger partial charge in [0.1, 0.15) is 5.75 Å². The van der Waals surface area contributed by atoms with Gasteiger partial charge in [-0.2, -0.15) is 0 Å². The van der Waals surface area contributed by atoms with Gasteiger partial charge in [0.05, 0.1) is 0 Å². The molecule has 1 atom stereocenters. The van der Waals surface area contributed by atoms with Crippen LogP contribution in [0.1, 0.15) is 29.9 Å². The number of aryl methyl sites for hydroxylation is 1. The van der Waals surface area contributed by atoms with Crippen molar-refractivity contribution in [2.24, 2.45) is 0 Å². The van der Waals surface area contributed by atoms with E-state index in [0.717, 1.165) is 35.1 Å². The van der Waals surface area contributed by atoms with Gasteiger partial charge in [-0.25, -0.2) is 0 Å². The largest absolute Gasteiger partial charge is 0.508 e. The number of piperidine rings is 1. The molecule has 0 amide bonds. The first kappa shape index (κ1) is 11.0. The Morgan fingerprint density at radius 2 is 2.27 bits per heavy atom. The second-order valence-electron chi connectivity index (χ2n) is 4.20. The molecule has 0 saturated carbocycles. The molecule has 0 aromatic heterocycles. The number of halogens is 1. The number of phenols is 1. The highest BCUT2D eigenvalue weighted by molar-refractivity contribution is 9.10. The summed E-state index contributed by atoms with van der Waals surface area (Å²) in [7, 11) is 0. The van der Waals surface area contributed by atoms with Gasteiger partial charge in [-0.1, -0.05) is 15.9 Å². The van der Waals surface area contributed by atoms with Gasteiger partial charge < -0.3 is 10.4 Å². The Labute approximate surface area is 98.8 Å². The number of phenolic OH excluding ortho intramolecular Hbond substituents is 1. The van der Waals surface area contributed by atoms with Crippen molar-refractivity contribution in [2.45, 2.75) is 25.7 Å². The van der Waals surface area contributed by atoms with E-state index in [9.17, 15) is 5.11 Å². The highest BCUT2D eigenvalue weighted by Crippen LogP contribution is 2.34. The first-order chi connectivity index (χ1) is 7.18. The summed E-state index contributed by atoms with van der Waals surface area (Å²) in [6.45, 7) is 4.07. The van der Waals surface area contributed by atoms with Crippen LogP contribution in [-0.4, -0.2) is 18.2 Å². The average molecular weight is 270 g/mol. The molecule has 1 fully saturated rings. The lowest BCUT2D eigenvalue weighted by Crippen LogP contribution is -2.28. The lowest BCUT2D eigenvalue weighted by molar-refractivity contribution is 0.425. The predicted molar refractivity (Wildman–Crippen MR) is 65.4 cm³/mol. The Morgan fingerprint density at radius 3 is 2.93 bits per heavy atom. The van der Waals surface area contributed by atoms with Crippen LogP contribution in [0.2, 0.25) is 0 Å². The minimum atomic E-state index is 0.435. The van der Waals surface area contributed by atoms with Crippen molar-refractivity contribution in [3.63, 3.8) is 0 Å². The van der Waals surface area contributed by atoms with Crippen LogP contribution in [0.25, 0.3) is 0 Å². The molecule has 0 radical (unpaired) electrons. The number of hydrogen-bond acceptors (Lipinski definition) is 2. The topological polar surface area (TPSA) is 32.3 Å². The highest BCUT2D eigenvalue weighted by atomic mass is 79.9. The maximum atomic E-state index is 9.92. The summed E-state index contributed by atoms with van der Waals surface area (Å²) in [5.74, 6) is 0.889. The molecule has 1 aliphatic heterocycles. The molecule has 1 aromatic carbocycles. The quantitative estimate of drug-likeness (QED) is 0.822. The number of aromatic hydroxyl groups is 1. The zero-order valence-electron chi connectivity index (χ0n) is 8.89. The second-order valence-corrected chi connectivity index (χ2v) is 5.06. The molecule has 15 heavy (non-hydrogen) atoms. The minimum absolute atomic E-state index is 0.435. The summed E-state index contributed by atoms with van der Waals surface area (Å²) < 4.78 is 1.08. The van der Waals surface area contributed by atoms with Crippen LogP contribution in [0.15, 0.2) is 16.6 Å². The normalized spacial score (nSPS) is 21.6. The molecule has 2 rings (SSSR count). The van der Waals surface area contributed by atoms with E-state index in [1.807, 2.05) is 13.0 Å². The van der Waals surface area contributed by atoms with Gasteiger partial charge in [0.2, 0.25) is 0 Å². The van der Waals surface area contributed by atoms with Gasteiger partial charge in [-0.05, 0) is 49.6 Å². The van der Waals surface area contributed by atoms with Gasteiger partial charge in [-0.15, -0.1) is 0 Å². The highest BCUT2D eigenvalue weighted by Gasteiger charge is 2.18. The Bertz CT molecular complexity index is 359. The minimum Gasteiger partial charge on any atom is -0.508 e. The Kier molecular flexibility index (Phi) is 3.32. The SMILES string of the molecule is Cc1cc(O)c(C2CCCNC2)cc1Br. The number of rotatable bonds is 1. The molecular formula is C12H16BrNO. The molecule has 0 aliphatic carbocycles. The maximum absolute atomic E-state index is 9.92. The fourth-order valence-corrected chi connectivity index (χ4v) is 2.49. The maximum Gasteiger partial charge on any atom is 0.119 e. The van der Waals surface area contributed by atoms with Crippen LogP contribution >= 0.6 is 15.9 Å². The molecule has 1 aliphatic rings. The van der Waals surface area contributed by atoms with Crippen molar-refractivity contribution in [1.29, 1.82) is 0 Å². The third kappa shape index (κ3) is 2.34. The van der Waals surface area contributed by atoms with Gasteiger partial charge in [0, 0.05) is 16.9 Å². The van der Waals surface area contributed by atoms with E-state index in [2.05, 4.69) is 27.3 Å². The monoisotopic (exact) mass is 269 g/mol. The molecule has 1 saturated heterocycles. The molecule has 82 valence electrons. The summed E-state index contributed by atoms with van der Waals surface area (Å²) in [4.78, 5) is 0. The Morgan fingerprint density at radius 1 is 1.47 bits per heavy atom. The van der Waals surface area contributed by atoms with Crippen LogP contribution < -0.4 is 5.32 Å². The van der Waals surface area contributed by atoms with Crippen molar-refractivity contribution < 1.29 is 5.11 Å². The molecule has 3 heteroatoms. The molecule has 0 bridgehead atoms. The van der Waals surface area contributed by atoms with Gasteiger partial charge in [-0.3, -0.25) is 0 Å². The first-order valence-corrected chi connectivity index (χ1v) is 6.17. The lowest BCUT2D eigenvalue weighted by atomic mass is 9.90. The van der Waals surface area contributed by atoms with Gasteiger partial charge in [0.25, 0.3) is 0 Å². The summed E-state index contributed by atoms with van der Waals surface area (Å²) in [5, 5.41) is 13.3. The lowest BCUT2D eigenvalue weighted by Gasteiger charge is -2.24. The third-order valence-corrected chi connectivity index (χ3v) is 3.90. The van der Waals surface area contributed by atoms with E-state index in [1.165, 1.54) is 6.42 Å². The zero-order valence-corrected chi connectivity index (χ0v) is 10.5. The van der Waals surface area contributed by atoms with Crippen LogP contribution in [-0.2, 0) is 0 Å². The summed E-state index contributed by atoms with van der Waals surface area (Å²) in [5.41, 5.74) is 2.15. The molecule has 1 heterocycles. The van der Waals surface area contributed by atoms with Crippen LogP contribution in [0, 0.1) is 6.92 Å². The van der Waals surface area contributed by atoms with E-state index in [0.29, 0.717) is 11.7 Å². The standard InChI is InChI=1S/C12H16BrNO/c1-8-5-12(15)10(6-11(8)13)9-3-2-4-14-7-9/h5-6,9,14-15H,2-4,7H2,1H3. The van der Waals surface area contributed by atoms with Crippen LogP contribution in [0.5, 0.6) is 5.75 Å². The van der Waals surface area contributed by atoms with Gasteiger partial charge in [0.15, 0.2) is 0 Å². The van der Waals surface area contributed by atoms with Crippen molar-refractivity contribution in [1.82, 2.24) is 5.32 Å².